The van der Waals surface area contributed by atoms with Gasteiger partial charge in [0.1, 0.15) is 7.11 Å². The highest BCUT2D eigenvalue weighted by molar-refractivity contribution is 5.95. The molecule has 0 saturated carbocycles. The van der Waals surface area contributed by atoms with Gasteiger partial charge in [0, 0.05) is 17.5 Å². The summed E-state index contributed by atoms with van der Waals surface area (Å²) in [5.74, 6) is -0.0287. The fourth-order valence-electron chi connectivity index (χ4n) is 3.30. The van der Waals surface area contributed by atoms with Gasteiger partial charge in [0.2, 0.25) is 0 Å². The van der Waals surface area contributed by atoms with Crippen molar-refractivity contribution in [3.63, 3.8) is 0 Å². The van der Waals surface area contributed by atoms with Crippen molar-refractivity contribution in [3.8, 4) is 0 Å². The first-order valence-electron chi connectivity index (χ1n) is 9.26. The van der Waals surface area contributed by atoms with Crippen molar-refractivity contribution in [1.82, 2.24) is 5.32 Å². The Morgan fingerprint density at radius 3 is 1.93 bits per heavy atom. The fraction of sp³-hybridized carbons (Fsp3) is 0.167. The van der Waals surface area contributed by atoms with Gasteiger partial charge >= 0.3 is 0 Å². The summed E-state index contributed by atoms with van der Waals surface area (Å²) in [6.45, 7) is 2.04. The number of nitrogens with zero attached hydrogens (tertiary/aromatic N) is 1. The molecular weight excluding hydrogens is 348 g/mol. The summed E-state index contributed by atoms with van der Waals surface area (Å²) in [5.41, 5.74) is 3.83. The summed E-state index contributed by atoms with van der Waals surface area (Å²) < 4.78 is 0. The minimum Gasteiger partial charge on any atom is -0.399 e. The smallest absolute Gasteiger partial charge is 0.251 e. The Morgan fingerprint density at radius 1 is 0.893 bits per heavy atom. The van der Waals surface area contributed by atoms with Crippen LogP contribution in [-0.4, -0.2) is 25.3 Å². The molecule has 0 radical (unpaired) electrons. The zero-order chi connectivity index (χ0) is 19.8. The molecule has 1 atom stereocenters. The van der Waals surface area contributed by atoms with E-state index in [1.54, 1.807) is 18.3 Å². The first kappa shape index (κ1) is 19.4. The van der Waals surface area contributed by atoms with Crippen LogP contribution in [0.15, 0.2) is 90.1 Å². The molecule has 1 amide bonds. The molecule has 4 heteroatoms. The summed E-state index contributed by atoms with van der Waals surface area (Å²) >= 11 is 0. The average molecular weight is 372 g/mol. The summed E-state index contributed by atoms with van der Waals surface area (Å²) in [4.78, 5) is 17.5. The maximum Gasteiger partial charge on any atom is 0.251 e. The maximum atomic E-state index is 12.8. The van der Waals surface area contributed by atoms with Crippen LogP contribution in [0.2, 0.25) is 0 Å². The third-order valence-corrected chi connectivity index (χ3v) is 4.66. The van der Waals surface area contributed by atoms with E-state index in [0.717, 1.165) is 5.56 Å². The second-order valence-corrected chi connectivity index (χ2v) is 6.60. The molecule has 0 aromatic heterocycles. The van der Waals surface area contributed by atoms with E-state index >= 15 is 0 Å². The van der Waals surface area contributed by atoms with Crippen LogP contribution in [0.5, 0.6) is 0 Å². The second kappa shape index (κ2) is 9.51. The average Bonchev–Trinajstić information content (AvgIpc) is 2.74. The zero-order valence-electron chi connectivity index (χ0n) is 16.1. The summed E-state index contributed by atoms with van der Waals surface area (Å²) in [6, 6.07) is 27.7. The highest BCUT2D eigenvalue weighted by atomic mass is 16.6. The molecule has 0 aliphatic rings. The molecule has 0 aliphatic heterocycles. The van der Waals surface area contributed by atoms with E-state index in [1.807, 2.05) is 55.5 Å². The van der Waals surface area contributed by atoms with Crippen molar-refractivity contribution in [2.45, 2.75) is 18.9 Å². The van der Waals surface area contributed by atoms with Crippen molar-refractivity contribution < 1.29 is 9.63 Å². The van der Waals surface area contributed by atoms with Crippen LogP contribution in [0.4, 0.5) is 0 Å². The third kappa shape index (κ3) is 4.86. The first-order chi connectivity index (χ1) is 13.7. The molecule has 0 fully saturated rings. The highest BCUT2D eigenvalue weighted by Gasteiger charge is 2.23. The topological polar surface area (TPSA) is 50.7 Å². The molecular formula is C24H24N2O2. The third-order valence-electron chi connectivity index (χ3n) is 4.66. The van der Waals surface area contributed by atoms with Gasteiger partial charge < -0.3 is 10.2 Å². The van der Waals surface area contributed by atoms with Crippen LogP contribution in [-0.2, 0) is 4.84 Å². The van der Waals surface area contributed by atoms with Crippen molar-refractivity contribution in [3.05, 3.63) is 107 Å². The van der Waals surface area contributed by atoms with Crippen LogP contribution >= 0.6 is 0 Å². The molecule has 4 nitrogen and oxygen atoms in total. The second-order valence-electron chi connectivity index (χ2n) is 6.60. The lowest BCUT2D eigenvalue weighted by Crippen LogP contribution is -2.37. The van der Waals surface area contributed by atoms with Gasteiger partial charge in [-0.1, -0.05) is 78.0 Å². The van der Waals surface area contributed by atoms with E-state index in [-0.39, 0.29) is 17.9 Å². The van der Waals surface area contributed by atoms with Gasteiger partial charge in [0.15, 0.2) is 0 Å². The molecule has 1 N–H and O–H groups in total. The van der Waals surface area contributed by atoms with E-state index in [4.69, 9.17) is 0 Å². The van der Waals surface area contributed by atoms with Crippen LogP contribution in [0, 0.1) is 0 Å². The molecule has 0 aliphatic carbocycles. The number of carbonyl (C=O) groups is 1. The Bertz CT molecular complexity index is 867. The number of rotatable bonds is 7. The molecule has 3 rings (SSSR count). The number of carbonyl (C=O) groups excluding carboxylic acids is 1. The SMILES string of the molecule is CO/N=C/c1ccc(C(=O)NC(C)C(c2ccccc2)c2ccccc2)cc1. The molecule has 3 aromatic rings. The quantitative estimate of drug-likeness (QED) is 0.486. The zero-order valence-corrected chi connectivity index (χ0v) is 16.1. The minimum atomic E-state index is -0.0976. The first-order valence-corrected chi connectivity index (χ1v) is 9.26. The number of amides is 1. The monoisotopic (exact) mass is 372 g/mol. The van der Waals surface area contributed by atoms with Gasteiger partial charge in [-0.25, -0.2) is 0 Å². The summed E-state index contributed by atoms with van der Waals surface area (Å²) in [5, 5.41) is 6.89. The molecule has 1 unspecified atom stereocenters. The van der Waals surface area contributed by atoms with Gasteiger partial charge in [0.05, 0.1) is 6.21 Å². The lowest BCUT2D eigenvalue weighted by Gasteiger charge is -2.26. The Labute approximate surface area is 165 Å². The van der Waals surface area contributed by atoms with Gasteiger partial charge in [-0.3, -0.25) is 4.79 Å². The van der Waals surface area contributed by atoms with Gasteiger partial charge in [-0.15, -0.1) is 0 Å². The number of hydrogen-bond donors (Lipinski definition) is 1. The standard InChI is InChI=1S/C24H24N2O2/c1-18(26-24(27)22-15-13-19(14-16-22)17-25-28-2)23(20-9-5-3-6-10-20)21-11-7-4-8-12-21/h3-18,23H,1-2H3,(H,26,27)/b25-17+. The largest absolute Gasteiger partial charge is 0.399 e. The van der Waals surface area contributed by atoms with E-state index < -0.39 is 0 Å². The van der Waals surface area contributed by atoms with E-state index in [9.17, 15) is 4.79 Å². The lowest BCUT2D eigenvalue weighted by atomic mass is 9.85. The van der Waals surface area contributed by atoms with Crippen molar-refractivity contribution >= 4 is 12.1 Å². The van der Waals surface area contributed by atoms with E-state index in [2.05, 4.69) is 39.6 Å². The molecule has 0 bridgehead atoms. The van der Waals surface area contributed by atoms with Crippen molar-refractivity contribution in [2.24, 2.45) is 5.16 Å². The predicted molar refractivity (Wildman–Crippen MR) is 113 cm³/mol. The number of nitrogens with one attached hydrogen (secondary N) is 1. The molecule has 142 valence electrons. The Hall–Kier alpha value is -3.40. The number of benzene rings is 3. The summed E-state index contributed by atoms with van der Waals surface area (Å²) in [7, 11) is 1.50. The molecule has 0 saturated heterocycles. The Balaban J connectivity index is 1.79. The molecule has 3 aromatic carbocycles. The van der Waals surface area contributed by atoms with Crippen LogP contribution < -0.4 is 5.32 Å². The van der Waals surface area contributed by atoms with Crippen LogP contribution in [0.25, 0.3) is 0 Å². The highest BCUT2D eigenvalue weighted by Crippen LogP contribution is 2.28. The van der Waals surface area contributed by atoms with Crippen molar-refractivity contribution in [1.29, 1.82) is 0 Å². The minimum absolute atomic E-state index is 0.0689. The molecule has 0 heterocycles. The van der Waals surface area contributed by atoms with Gasteiger partial charge in [0.25, 0.3) is 5.91 Å². The Kier molecular flexibility index (Phi) is 6.58. The van der Waals surface area contributed by atoms with Gasteiger partial charge in [-0.05, 0) is 35.7 Å². The van der Waals surface area contributed by atoms with E-state index in [1.165, 1.54) is 18.2 Å². The van der Waals surface area contributed by atoms with Gasteiger partial charge in [-0.2, -0.15) is 0 Å². The number of oxime groups is 1. The van der Waals surface area contributed by atoms with Crippen LogP contribution in [0.3, 0.4) is 0 Å². The van der Waals surface area contributed by atoms with Crippen molar-refractivity contribution in [2.75, 3.05) is 7.11 Å². The maximum absolute atomic E-state index is 12.8. The normalized spacial score (nSPS) is 12.1. The lowest BCUT2D eigenvalue weighted by molar-refractivity contribution is 0.0937. The molecule has 0 spiro atoms. The predicted octanol–water partition coefficient (Wildman–Crippen LogP) is 4.62. The van der Waals surface area contributed by atoms with Crippen LogP contribution in [0.1, 0.15) is 39.9 Å². The summed E-state index contributed by atoms with van der Waals surface area (Å²) in [6.07, 6.45) is 1.60. The van der Waals surface area contributed by atoms with E-state index in [0.29, 0.717) is 5.56 Å². The Morgan fingerprint density at radius 2 is 1.43 bits per heavy atom. The molecule has 28 heavy (non-hydrogen) atoms. The number of hydrogen-bond acceptors (Lipinski definition) is 3. The fourth-order valence-corrected chi connectivity index (χ4v) is 3.30.